The second-order valence-corrected chi connectivity index (χ2v) is 6.12. The summed E-state index contributed by atoms with van der Waals surface area (Å²) in [6, 6.07) is 0.412. The van der Waals surface area contributed by atoms with E-state index in [-0.39, 0.29) is 37.7 Å². The summed E-state index contributed by atoms with van der Waals surface area (Å²) >= 11 is 0. The number of nitrogens with one attached hydrogen (secondary N) is 2. The number of rotatable bonds is 10. The van der Waals surface area contributed by atoms with E-state index in [1.165, 1.54) is 0 Å². The van der Waals surface area contributed by atoms with Crippen LogP contribution in [0.4, 0.5) is 0 Å². The van der Waals surface area contributed by atoms with Gasteiger partial charge in [0.15, 0.2) is 0 Å². The molecule has 0 aromatic rings. The molecule has 0 aliphatic carbocycles. The lowest BCUT2D eigenvalue weighted by Crippen LogP contribution is -2.44. The first-order chi connectivity index (χ1) is 10.9. The number of hydrogen-bond donors (Lipinski definition) is 3. The molecule has 1 atom stereocenters. The number of aliphatic carboxylic acids is 1. The van der Waals surface area contributed by atoms with Crippen molar-refractivity contribution in [2.75, 3.05) is 46.8 Å². The molecule has 23 heavy (non-hydrogen) atoms. The van der Waals surface area contributed by atoms with Crippen LogP contribution in [0.15, 0.2) is 0 Å². The predicted octanol–water partition coefficient (Wildman–Crippen LogP) is -0.890. The van der Waals surface area contributed by atoms with Crippen molar-refractivity contribution >= 4 is 17.8 Å². The van der Waals surface area contributed by atoms with Crippen molar-refractivity contribution < 1.29 is 19.5 Å². The highest BCUT2D eigenvalue weighted by atomic mass is 16.5. The maximum atomic E-state index is 11.9. The Bertz CT molecular complexity index is 414. The van der Waals surface area contributed by atoms with E-state index in [2.05, 4.69) is 20.4 Å². The number of carbonyl (C=O) groups is 3. The van der Waals surface area contributed by atoms with Crippen molar-refractivity contribution in [1.82, 2.24) is 20.4 Å². The Kier molecular flexibility index (Phi) is 8.57. The molecule has 8 nitrogen and oxygen atoms in total. The zero-order valence-electron chi connectivity index (χ0n) is 14.0. The molecule has 0 radical (unpaired) electrons. The fourth-order valence-corrected chi connectivity index (χ4v) is 2.68. The van der Waals surface area contributed by atoms with E-state index in [1.54, 1.807) is 0 Å². The van der Waals surface area contributed by atoms with Crippen LogP contribution in [0.5, 0.6) is 0 Å². The largest absolute Gasteiger partial charge is 0.481 e. The van der Waals surface area contributed by atoms with Crippen molar-refractivity contribution in [2.45, 2.75) is 31.7 Å². The van der Waals surface area contributed by atoms with Gasteiger partial charge >= 0.3 is 5.97 Å². The number of likely N-dealkylation sites (tertiary alicyclic amines) is 1. The normalized spacial score (nSPS) is 18.1. The molecule has 0 aromatic carbocycles. The van der Waals surface area contributed by atoms with E-state index >= 15 is 0 Å². The molecule has 0 spiro atoms. The summed E-state index contributed by atoms with van der Waals surface area (Å²) in [7, 11) is 4.05. The number of carbonyl (C=O) groups excluding carboxylic acids is 2. The first-order valence-electron chi connectivity index (χ1n) is 8.02. The van der Waals surface area contributed by atoms with Crippen LogP contribution in [-0.2, 0) is 14.4 Å². The standard InChI is InChI=1S/C15H28N4O4/c1-18(2)10-12-4-3-9-19(12)11-14(21)17-7-5-13(20)16-8-6-15(22)23/h12H,3-11H2,1-2H3,(H,16,20)(H,17,21)(H,22,23)/i5+1,6+1,8+1,10+1,11+1,13+1,15+1,16+1,17+1. The van der Waals surface area contributed by atoms with Crippen LogP contribution < -0.4 is 10.6 Å². The van der Waals surface area contributed by atoms with E-state index in [0.29, 0.717) is 12.6 Å². The van der Waals surface area contributed by atoms with Gasteiger partial charge in [0.25, 0.3) is 0 Å². The molecule has 3 N–H and O–H groups in total. The third-order valence-corrected chi connectivity index (χ3v) is 3.76. The highest BCUT2D eigenvalue weighted by molar-refractivity contribution is 5.80. The number of carboxylic acids is 1. The minimum absolute atomic E-state index is 0.0750. The maximum absolute atomic E-state index is 11.9. The summed E-state index contributed by atoms with van der Waals surface area (Å²) in [6.07, 6.45) is 2.28. The molecule has 1 aliphatic rings. The Morgan fingerprint density at radius 1 is 1.13 bits per heavy atom. The summed E-state index contributed by atoms with van der Waals surface area (Å²) in [5, 5.41) is 13.7. The van der Waals surface area contributed by atoms with E-state index in [0.717, 1.165) is 25.9 Å². The van der Waals surface area contributed by atoms with Crippen LogP contribution in [0.1, 0.15) is 25.7 Å². The third-order valence-electron chi connectivity index (χ3n) is 3.76. The van der Waals surface area contributed by atoms with Gasteiger partial charge in [-0.2, -0.15) is 0 Å². The van der Waals surface area contributed by atoms with Crippen LogP contribution in [0.3, 0.4) is 0 Å². The van der Waals surface area contributed by atoms with Crippen molar-refractivity contribution in [3.8, 4) is 0 Å². The van der Waals surface area contributed by atoms with E-state index in [1.807, 2.05) is 14.1 Å². The minimum Gasteiger partial charge on any atom is -0.481 e. The smallest absolute Gasteiger partial charge is 0.305 e. The molecule has 1 aliphatic heterocycles. The highest BCUT2D eigenvalue weighted by Gasteiger charge is 2.26. The van der Waals surface area contributed by atoms with Crippen LogP contribution in [0.25, 0.3) is 0 Å². The van der Waals surface area contributed by atoms with Gasteiger partial charge in [-0.25, -0.2) is 0 Å². The van der Waals surface area contributed by atoms with Gasteiger partial charge in [0.1, 0.15) is 0 Å². The highest BCUT2D eigenvalue weighted by Crippen LogP contribution is 2.16. The summed E-state index contributed by atoms with van der Waals surface area (Å²) < 4.78 is 0. The van der Waals surface area contributed by atoms with Gasteiger partial charge in [0, 0.05) is 32.1 Å². The first-order valence-corrected chi connectivity index (χ1v) is 8.02. The molecule has 0 saturated carbocycles. The molecular weight excluding hydrogens is 309 g/mol. The van der Waals surface area contributed by atoms with Gasteiger partial charge in [-0.05, 0) is 33.5 Å². The molecule has 2 amide bonds. The number of carboxylic acid groups (broad SMARTS) is 1. The SMILES string of the molecule is CN(C)[13CH2]C1CCCN1[13CH2]C(=O)[15NH]C[13CH2][13C](=O)[15NH][13CH2][13CH2][13C](=O)O. The zero-order valence-corrected chi connectivity index (χ0v) is 14.0. The molecule has 8 heteroatoms. The fraction of sp³-hybridized carbons (Fsp3) is 0.800. The Hall–Kier alpha value is -1.67. The average molecular weight is 337 g/mol. The summed E-state index contributed by atoms with van der Waals surface area (Å²) in [5.74, 6) is -1.27. The molecule has 0 bridgehead atoms. The van der Waals surface area contributed by atoms with Gasteiger partial charge < -0.3 is 20.6 Å². The zero-order chi connectivity index (χ0) is 17.2. The van der Waals surface area contributed by atoms with Crippen LogP contribution >= 0.6 is 0 Å². The Morgan fingerprint density at radius 3 is 2.43 bits per heavy atom. The molecule has 1 heterocycles. The van der Waals surface area contributed by atoms with Crippen molar-refractivity contribution in [2.24, 2.45) is 0 Å². The van der Waals surface area contributed by atoms with E-state index in [9.17, 15) is 14.4 Å². The molecule has 1 saturated heterocycles. The molecular formula is C15H28N4O4. The van der Waals surface area contributed by atoms with E-state index in [4.69, 9.17) is 5.11 Å². The topological polar surface area (TPSA) is 102 Å². The van der Waals surface area contributed by atoms with Gasteiger partial charge in [0.05, 0.1) is 13.0 Å². The summed E-state index contributed by atoms with van der Waals surface area (Å²) in [6.45, 7) is 2.62. The molecule has 1 fully saturated rings. The Labute approximate surface area is 137 Å². The molecule has 0 aromatic heterocycles. The van der Waals surface area contributed by atoms with Gasteiger partial charge in [-0.3, -0.25) is 19.3 Å². The van der Waals surface area contributed by atoms with Crippen LogP contribution in [0, 0.1) is 0 Å². The average Bonchev–Trinajstić information content (AvgIpc) is 2.84. The van der Waals surface area contributed by atoms with Crippen molar-refractivity contribution in [3.05, 3.63) is 0 Å². The summed E-state index contributed by atoms with van der Waals surface area (Å²) in [4.78, 5) is 38.0. The Balaban J connectivity index is 2.16. The predicted molar refractivity (Wildman–Crippen MR) is 86.0 cm³/mol. The second-order valence-electron chi connectivity index (χ2n) is 6.12. The number of likely N-dealkylation sites (N-methyl/N-ethyl adjacent to an activating group) is 1. The van der Waals surface area contributed by atoms with Gasteiger partial charge in [0.2, 0.25) is 11.8 Å². The quantitative estimate of drug-likeness (QED) is 0.353. The lowest BCUT2D eigenvalue weighted by atomic mass is 10.3. The third kappa shape index (κ3) is 8.51. The van der Waals surface area contributed by atoms with Crippen LogP contribution in [-0.4, -0.2) is 85.6 Å². The maximum Gasteiger partial charge on any atom is 0.305 e. The minimum atomic E-state index is -0.948. The van der Waals surface area contributed by atoms with Crippen molar-refractivity contribution in [3.63, 3.8) is 0 Å². The lowest BCUT2D eigenvalue weighted by molar-refractivity contribution is -0.137. The molecule has 1 rings (SSSR count). The van der Waals surface area contributed by atoms with Crippen LogP contribution in [0.2, 0.25) is 0 Å². The van der Waals surface area contributed by atoms with E-state index < -0.39 is 5.97 Å². The Morgan fingerprint density at radius 2 is 1.78 bits per heavy atom. The van der Waals surface area contributed by atoms with Crippen molar-refractivity contribution in [1.29, 1.82) is 0 Å². The first kappa shape index (κ1) is 19.4. The number of amides is 2. The number of nitrogens with zero attached hydrogens (tertiary/aromatic N) is 2. The monoisotopic (exact) mass is 337 g/mol. The van der Waals surface area contributed by atoms with Gasteiger partial charge in [-0.1, -0.05) is 0 Å². The van der Waals surface area contributed by atoms with Gasteiger partial charge in [-0.15, -0.1) is 0 Å². The molecule has 1 unspecified atom stereocenters. The lowest BCUT2D eigenvalue weighted by Gasteiger charge is -2.26. The fourth-order valence-electron chi connectivity index (χ4n) is 2.68. The molecule has 132 valence electrons. The number of hydrogen-bond acceptors (Lipinski definition) is 5. The summed E-state index contributed by atoms with van der Waals surface area (Å²) in [5.41, 5.74) is 0. The second kappa shape index (κ2) is 10.2.